The van der Waals surface area contributed by atoms with Crippen LogP contribution in [0.1, 0.15) is 18.4 Å². The third-order valence-electron chi connectivity index (χ3n) is 5.48. The van der Waals surface area contributed by atoms with Gasteiger partial charge in [0.05, 0.1) is 24.2 Å². The quantitative estimate of drug-likeness (QED) is 0.588. The smallest absolute Gasteiger partial charge is 0.416 e. The summed E-state index contributed by atoms with van der Waals surface area (Å²) in [4.78, 5) is 11.4. The van der Waals surface area contributed by atoms with Crippen molar-refractivity contribution in [2.75, 3.05) is 6.61 Å². The van der Waals surface area contributed by atoms with E-state index in [-0.39, 0.29) is 42.7 Å². The maximum absolute atomic E-state index is 12.7. The Kier molecular flexibility index (Phi) is 4.56. The molecule has 0 amide bonds. The molecule has 2 heterocycles. The van der Waals surface area contributed by atoms with Crippen LogP contribution in [0, 0.1) is 11.8 Å². The monoisotopic (exact) mass is 388 g/mol. The number of rotatable bonds is 5. The van der Waals surface area contributed by atoms with Crippen molar-refractivity contribution < 1.29 is 42.4 Å². The SMILES string of the molecule is O=C1C[C@@H]2[C@H]([C@@H]3OC3[C@@H](O)COc3cccc(C(F)(F)F)c3)[C@H](O)C[C@@H]2O1. The lowest BCUT2D eigenvalue weighted by atomic mass is 9.87. The number of aliphatic hydroxyl groups is 2. The van der Waals surface area contributed by atoms with Gasteiger partial charge < -0.3 is 24.4 Å². The van der Waals surface area contributed by atoms with Gasteiger partial charge in [0.2, 0.25) is 0 Å². The van der Waals surface area contributed by atoms with Gasteiger partial charge in [-0.2, -0.15) is 13.2 Å². The summed E-state index contributed by atoms with van der Waals surface area (Å²) in [5, 5.41) is 20.5. The van der Waals surface area contributed by atoms with Gasteiger partial charge in [-0.05, 0) is 18.2 Å². The van der Waals surface area contributed by atoms with Crippen LogP contribution in [0.4, 0.5) is 13.2 Å². The lowest BCUT2D eigenvalue weighted by Gasteiger charge is -2.17. The molecule has 4 rings (SSSR count). The van der Waals surface area contributed by atoms with Gasteiger partial charge in [0, 0.05) is 18.3 Å². The second kappa shape index (κ2) is 6.65. The molecule has 0 radical (unpaired) electrons. The Labute approximate surface area is 152 Å². The first-order valence-corrected chi connectivity index (χ1v) is 8.75. The second-order valence-corrected chi connectivity index (χ2v) is 7.25. The number of aliphatic hydroxyl groups excluding tert-OH is 2. The van der Waals surface area contributed by atoms with Crippen molar-refractivity contribution in [3.63, 3.8) is 0 Å². The van der Waals surface area contributed by atoms with Gasteiger partial charge in [0.1, 0.15) is 30.7 Å². The fraction of sp³-hybridized carbons (Fsp3) is 0.611. The fourth-order valence-corrected chi connectivity index (χ4v) is 4.17. The maximum Gasteiger partial charge on any atom is 0.416 e. The molecule has 7 atom stereocenters. The number of ether oxygens (including phenoxy) is 3. The Bertz CT molecular complexity index is 723. The van der Waals surface area contributed by atoms with E-state index in [0.29, 0.717) is 6.42 Å². The summed E-state index contributed by atoms with van der Waals surface area (Å²) >= 11 is 0. The third kappa shape index (κ3) is 3.63. The Balaban J connectivity index is 1.33. The van der Waals surface area contributed by atoms with Gasteiger partial charge in [-0.15, -0.1) is 0 Å². The number of esters is 1. The van der Waals surface area contributed by atoms with Crippen LogP contribution in [0.2, 0.25) is 0 Å². The van der Waals surface area contributed by atoms with Crippen LogP contribution in [-0.2, 0) is 20.4 Å². The van der Waals surface area contributed by atoms with Gasteiger partial charge in [0.15, 0.2) is 0 Å². The van der Waals surface area contributed by atoms with Crippen molar-refractivity contribution in [2.45, 2.75) is 49.5 Å². The molecule has 6 nitrogen and oxygen atoms in total. The third-order valence-corrected chi connectivity index (χ3v) is 5.48. The molecule has 0 spiro atoms. The summed E-state index contributed by atoms with van der Waals surface area (Å²) in [5.41, 5.74) is -0.832. The molecule has 2 N–H and O–H groups in total. The highest BCUT2D eigenvalue weighted by atomic mass is 19.4. The molecule has 1 aromatic rings. The summed E-state index contributed by atoms with van der Waals surface area (Å²) in [5.74, 6) is -0.752. The molecule has 0 bridgehead atoms. The molecule has 1 saturated carbocycles. The molecule has 3 fully saturated rings. The van der Waals surface area contributed by atoms with Crippen LogP contribution in [0.15, 0.2) is 24.3 Å². The number of hydrogen-bond donors (Lipinski definition) is 2. The zero-order valence-electron chi connectivity index (χ0n) is 14.1. The van der Waals surface area contributed by atoms with E-state index in [1.54, 1.807) is 0 Å². The average Bonchev–Trinajstić information content (AvgIpc) is 3.21. The number of fused-ring (bicyclic) bond motifs is 1. The Hall–Kier alpha value is -1.84. The average molecular weight is 388 g/mol. The summed E-state index contributed by atoms with van der Waals surface area (Å²) in [6.07, 6.45) is -6.98. The van der Waals surface area contributed by atoms with Gasteiger partial charge >= 0.3 is 12.1 Å². The minimum Gasteiger partial charge on any atom is -0.491 e. The highest BCUT2D eigenvalue weighted by Gasteiger charge is 2.60. The summed E-state index contributed by atoms with van der Waals surface area (Å²) in [6, 6.07) is 4.41. The first-order valence-electron chi connectivity index (χ1n) is 8.75. The molecule has 27 heavy (non-hydrogen) atoms. The number of epoxide rings is 1. The molecular weight excluding hydrogens is 369 g/mol. The summed E-state index contributed by atoms with van der Waals surface area (Å²) in [6.45, 7) is -0.241. The van der Waals surface area contributed by atoms with Gasteiger partial charge in [-0.3, -0.25) is 4.79 Å². The predicted octanol–water partition coefficient (Wildman–Crippen LogP) is 1.52. The number of halogens is 3. The summed E-state index contributed by atoms with van der Waals surface area (Å²) < 4.78 is 54.1. The van der Waals surface area contributed by atoms with Gasteiger partial charge in [-0.25, -0.2) is 0 Å². The topological polar surface area (TPSA) is 88.5 Å². The molecule has 1 aromatic carbocycles. The van der Waals surface area contributed by atoms with E-state index >= 15 is 0 Å². The van der Waals surface area contributed by atoms with E-state index in [1.807, 2.05) is 0 Å². The van der Waals surface area contributed by atoms with E-state index in [0.717, 1.165) is 12.1 Å². The molecule has 1 aliphatic carbocycles. The number of carbonyl (C=O) groups excluding carboxylic acids is 1. The van der Waals surface area contributed by atoms with Crippen LogP contribution in [-0.4, -0.2) is 53.3 Å². The molecule has 1 unspecified atom stereocenters. The molecule has 0 aromatic heterocycles. The number of benzene rings is 1. The number of hydrogen-bond acceptors (Lipinski definition) is 6. The first-order chi connectivity index (χ1) is 12.7. The van der Waals surface area contributed by atoms with Crippen molar-refractivity contribution in [3.8, 4) is 5.75 Å². The maximum atomic E-state index is 12.7. The van der Waals surface area contributed by atoms with Crippen LogP contribution < -0.4 is 4.74 Å². The van der Waals surface area contributed by atoms with Crippen molar-refractivity contribution in [3.05, 3.63) is 29.8 Å². The molecular formula is C18H19F3O6. The van der Waals surface area contributed by atoms with Crippen LogP contribution in [0.25, 0.3) is 0 Å². The van der Waals surface area contributed by atoms with Crippen molar-refractivity contribution in [2.24, 2.45) is 11.8 Å². The van der Waals surface area contributed by atoms with Crippen LogP contribution in [0.3, 0.4) is 0 Å². The standard InChI is InChI=1S/C18H19F3O6/c19-18(20,21)8-2-1-3-9(4-8)25-7-12(23)16-17(27-16)15-10-5-14(24)26-13(10)6-11(15)22/h1-4,10-13,15-17,22-23H,5-7H2/t10-,11+,12-,13-,15-,16?,17-/m0/s1. The van der Waals surface area contributed by atoms with Crippen molar-refractivity contribution >= 4 is 5.97 Å². The van der Waals surface area contributed by atoms with Crippen LogP contribution in [0.5, 0.6) is 5.75 Å². The number of carbonyl (C=O) groups is 1. The minimum absolute atomic E-state index is 0.00294. The molecule has 148 valence electrons. The van der Waals surface area contributed by atoms with E-state index in [1.165, 1.54) is 12.1 Å². The van der Waals surface area contributed by atoms with Gasteiger partial charge in [-0.1, -0.05) is 6.07 Å². The largest absolute Gasteiger partial charge is 0.491 e. The molecule has 3 aliphatic rings. The minimum atomic E-state index is -4.47. The Morgan fingerprint density at radius 1 is 1.33 bits per heavy atom. The van der Waals surface area contributed by atoms with Crippen molar-refractivity contribution in [1.29, 1.82) is 0 Å². The molecule has 2 aliphatic heterocycles. The summed E-state index contributed by atoms with van der Waals surface area (Å²) in [7, 11) is 0. The fourth-order valence-electron chi connectivity index (χ4n) is 4.17. The van der Waals surface area contributed by atoms with Crippen LogP contribution >= 0.6 is 0 Å². The normalized spacial score (nSPS) is 36.3. The molecule has 2 saturated heterocycles. The highest BCUT2D eigenvalue weighted by Crippen LogP contribution is 2.49. The van der Waals surface area contributed by atoms with E-state index in [4.69, 9.17) is 14.2 Å². The predicted molar refractivity (Wildman–Crippen MR) is 83.7 cm³/mol. The zero-order valence-corrected chi connectivity index (χ0v) is 14.1. The zero-order chi connectivity index (χ0) is 19.3. The lowest BCUT2D eigenvalue weighted by Crippen LogP contribution is -2.32. The van der Waals surface area contributed by atoms with E-state index < -0.39 is 36.2 Å². The van der Waals surface area contributed by atoms with Gasteiger partial charge in [0.25, 0.3) is 0 Å². The second-order valence-electron chi connectivity index (χ2n) is 7.25. The lowest BCUT2D eigenvalue weighted by molar-refractivity contribution is -0.142. The first kappa shape index (κ1) is 18.5. The van der Waals surface area contributed by atoms with E-state index in [2.05, 4.69) is 0 Å². The number of alkyl halides is 3. The highest BCUT2D eigenvalue weighted by molar-refractivity contribution is 5.72. The molecule has 9 heteroatoms. The Morgan fingerprint density at radius 2 is 2.11 bits per heavy atom. The Morgan fingerprint density at radius 3 is 2.85 bits per heavy atom. The van der Waals surface area contributed by atoms with E-state index in [9.17, 15) is 28.2 Å². The van der Waals surface area contributed by atoms with Crippen molar-refractivity contribution in [1.82, 2.24) is 0 Å².